The van der Waals surface area contributed by atoms with Crippen LogP contribution in [0.3, 0.4) is 0 Å². The molecule has 17 heavy (non-hydrogen) atoms. The summed E-state index contributed by atoms with van der Waals surface area (Å²) in [6.07, 6.45) is 1.55. The summed E-state index contributed by atoms with van der Waals surface area (Å²) in [5.41, 5.74) is 0.829. The standard InChI is InChI=1S/C12H13BrCl2O2/c1-7(2)9-5-8(6-10(13)12(9)16)17-4-3-11(14)15/h3,5-7,16H,4H2,1-2H3. The van der Waals surface area contributed by atoms with Crippen LogP contribution in [-0.4, -0.2) is 11.7 Å². The van der Waals surface area contributed by atoms with Crippen molar-refractivity contribution in [3.63, 3.8) is 0 Å². The molecule has 0 fully saturated rings. The van der Waals surface area contributed by atoms with Crippen LogP contribution < -0.4 is 4.74 Å². The van der Waals surface area contributed by atoms with Crippen LogP contribution >= 0.6 is 39.1 Å². The van der Waals surface area contributed by atoms with E-state index in [-0.39, 0.29) is 22.8 Å². The molecule has 0 saturated heterocycles. The Bertz CT molecular complexity index is 427. The van der Waals surface area contributed by atoms with Crippen LogP contribution in [0.2, 0.25) is 0 Å². The van der Waals surface area contributed by atoms with Crippen LogP contribution in [0.25, 0.3) is 0 Å². The molecule has 1 N–H and O–H groups in total. The smallest absolute Gasteiger partial charge is 0.133 e. The molecule has 5 heteroatoms. The third kappa shape index (κ3) is 4.41. The van der Waals surface area contributed by atoms with Gasteiger partial charge in [0, 0.05) is 5.56 Å². The van der Waals surface area contributed by atoms with Gasteiger partial charge in [0.05, 0.1) is 4.47 Å². The first-order chi connectivity index (χ1) is 7.91. The zero-order chi connectivity index (χ0) is 13.0. The van der Waals surface area contributed by atoms with Crippen molar-refractivity contribution in [1.29, 1.82) is 0 Å². The van der Waals surface area contributed by atoms with E-state index in [0.29, 0.717) is 10.2 Å². The average molecular weight is 340 g/mol. The highest BCUT2D eigenvalue weighted by atomic mass is 79.9. The van der Waals surface area contributed by atoms with E-state index in [1.807, 2.05) is 13.8 Å². The molecule has 1 aromatic rings. The maximum atomic E-state index is 9.85. The highest BCUT2D eigenvalue weighted by Crippen LogP contribution is 2.36. The third-order valence-electron chi connectivity index (χ3n) is 2.18. The van der Waals surface area contributed by atoms with Crippen molar-refractivity contribution < 1.29 is 9.84 Å². The molecule has 0 unspecified atom stereocenters. The highest BCUT2D eigenvalue weighted by molar-refractivity contribution is 9.10. The first-order valence-corrected chi connectivity index (χ1v) is 6.63. The second-order valence-corrected chi connectivity index (χ2v) is 5.66. The Morgan fingerprint density at radius 3 is 2.65 bits per heavy atom. The van der Waals surface area contributed by atoms with Crippen LogP contribution in [0.15, 0.2) is 27.2 Å². The molecule has 0 aliphatic rings. The fourth-order valence-corrected chi connectivity index (χ4v) is 1.90. The molecule has 0 atom stereocenters. The lowest BCUT2D eigenvalue weighted by Crippen LogP contribution is -1.96. The minimum absolute atomic E-state index is 0.173. The summed E-state index contributed by atoms with van der Waals surface area (Å²) >= 11 is 14.2. The number of halogens is 3. The molecule has 1 rings (SSSR count). The van der Waals surface area contributed by atoms with Gasteiger partial charge in [0.1, 0.15) is 22.6 Å². The number of ether oxygens (including phenoxy) is 1. The first kappa shape index (κ1) is 14.7. The number of benzene rings is 1. The fourth-order valence-electron chi connectivity index (χ4n) is 1.32. The number of aromatic hydroxyl groups is 1. The lowest BCUT2D eigenvalue weighted by atomic mass is 10.0. The zero-order valence-electron chi connectivity index (χ0n) is 9.51. The Kier molecular flexibility index (Phi) is 5.63. The van der Waals surface area contributed by atoms with Crippen molar-refractivity contribution in [2.75, 3.05) is 6.61 Å². The van der Waals surface area contributed by atoms with Crippen molar-refractivity contribution in [3.8, 4) is 11.5 Å². The number of hydrogen-bond acceptors (Lipinski definition) is 2. The summed E-state index contributed by atoms with van der Waals surface area (Å²) in [4.78, 5) is 0. The quantitative estimate of drug-likeness (QED) is 0.838. The summed E-state index contributed by atoms with van der Waals surface area (Å²) in [5, 5.41) is 9.85. The number of phenolic OH excluding ortho intramolecular Hbond substituents is 1. The summed E-state index contributed by atoms with van der Waals surface area (Å²) < 4.78 is 6.24. The molecule has 94 valence electrons. The van der Waals surface area contributed by atoms with Gasteiger partial charge in [0.15, 0.2) is 0 Å². The van der Waals surface area contributed by atoms with Gasteiger partial charge in [-0.1, -0.05) is 37.0 Å². The maximum absolute atomic E-state index is 9.85. The first-order valence-electron chi connectivity index (χ1n) is 5.08. The van der Waals surface area contributed by atoms with Crippen molar-refractivity contribution in [3.05, 3.63) is 32.7 Å². The van der Waals surface area contributed by atoms with Crippen molar-refractivity contribution in [2.24, 2.45) is 0 Å². The molecule has 0 aliphatic carbocycles. The molecule has 0 saturated carbocycles. The molecular formula is C12H13BrCl2O2. The highest BCUT2D eigenvalue weighted by Gasteiger charge is 2.11. The second-order valence-electron chi connectivity index (χ2n) is 3.80. The van der Waals surface area contributed by atoms with Crippen molar-refractivity contribution >= 4 is 39.1 Å². The third-order valence-corrected chi connectivity index (χ3v) is 3.09. The lowest BCUT2D eigenvalue weighted by Gasteiger charge is -2.12. The molecule has 2 nitrogen and oxygen atoms in total. The maximum Gasteiger partial charge on any atom is 0.133 e. The average Bonchev–Trinajstić information content (AvgIpc) is 2.22. The Labute approximate surface area is 119 Å². The molecule has 0 bridgehead atoms. The monoisotopic (exact) mass is 338 g/mol. The summed E-state index contributed by atoms with van der Waals surface area (Å²) in [6, 6.07) is 3.51. The zero-order valence-corrected chi connectivity index (χ0v) is 12.6. The van der Waals surface area contributed by atoms with E-state index in [1.165, 1.54) is 0 Å². The summed E-state index contributed by atoms with van der Waals surface area (Å²) in [7, 11) is 0. The van der Waals surface area contributed by atoms with Gasteiger partial charge in [0.25, 0.3) is 0 Å². The Morgan fingerprint density at radius 2 is 2.12 bits per heavy atom. The van der Waals surface area contributed by atoms with Gasteiger partial charge in [-0.15, -0.1) is 0 Å². The minimum Gasteiger partial charge on any atom is -0.506 e. The van der Waals surface area contributed by atoms with E-state index < -0.39 is 0 Å². The molecule has 0 amide bonds. The van der Waals surface area contributed by atoms with E-state index >= 15 is 0 Å². The van der Waals surface area contributed by atoms with Crippen LogP contribution in [-0.2, 0) is 0 Å². The number of phenols is 1. The number of hydrogen-bond donors (Lipinski definition) is 1. The SMILES string of the molecule is CC(C)c1cc(OCC=C(Cl)Cl)cc(Br)c1O. The van der Waals surface area contributed by atoms with E-state index in [9.17, 15) is 5.11 Å². The van der Waals surface area contributed by atoms with E-state index in [2.05, 4.69) is 15.9 Å². The van der Waals surface area contributed by atoms with E-state index in [4.69, 9.17) is 27.9 Å². The predicted octanol–water partition coefficient (Wildman–Crippen LogP) is 4.98. The van der Waals surface area contributed by atoms with E-state index in [0.717, 1.165) is 5.56 Å². The largest absolute Gasteiger partial charge is 0.506 e. The van der Waals surface area contributed by atoms with Gasteiger partial charge < -0.3 is 9.84 Å². The van der Waals surface area contributed by atoms with Gasteiger partial charge in [-0.2, -0.15) is 0 Å². The lowest BCUT2D eigenvalue weighted by molar-refractivity contribution is 0.360. The van der Waals surface area contributed by atoms with Crippen LogP contribution in [0.1, 0.15) is 25.3 Å². The van der Waals surface area contributed by atoms with Crippen LogP contribution in [0.4, 0.5) is 0 Å². The molecule has 0 spiro atoms. The molecule has 0 aliphatic heterocycles. The normalized spacial score (nSPS) is 10.5. The summed E-state index contributed by atoms with van der Waals surface area (Å²) in [6.45, 7) is 4.29. The second kappa shape index (κ2) is 6.53. The van der Waals surface area contributed by atoms with E-state index in [1.54, 1.807) is 18.2 Å². The Hall–Kier alpha value is -0.380. The van der Waals surface area contributed by atoms with Gasteiger partial charge in [-0.05, 0) is 40.1 Å². The van der Waals surface area contributed by atoms with Crippen molar-refractivity contribution in [1.82, 2.24) is 0 Å². The topological polar surface area (TPSA) is 29.5 Å². The Balaban J connectivity index is 2.91. The fraction of sp³-hybridized carbons (Fsp3) is 0.333. The Morgan fingerprint density at radius 1 is 1.47 bits per heavy atom. The van der Waals surface area contributed by atoms with Gasteiger partial charge in [-0.25, -0.2) is 0 Å². The summed E-state index contributed by atoms with van der Waals surface area (Å²) in [5.74, 6) is 1.12. The number of rotatable bonds is 4. The molecule has 0 heterocycles. The van der Waals surface area contributed by atoms with Crippen LogP contribution in [0.5, 0.6) is 11.5 Å². The molecule has 1 aromatic carbocycles. The van der Waals surface area contributed by atoms with Crippen LogP contribution in [0, 0.1) is 0 Å². The van der Waals surface area contributed by atoms with Gasteiger partial charge >= 0.3 is 0 Å². The minimum atomic E-state index is 0.173. The molecular weight excluding hydrogens is 327 g/mol. The van der Waals surface area contributed by atoms with Gasteiger partial charge in [-0.3, -0.25) is 0 Å². The van der Waals surface area contributed by atoms with Crippen molar-refractivity contribution in [2.45, 2.75) is 19.8 Å². The predicted molar refractivity (Wildman–Crippen MR) is 75.2 cm³/mol. The molecule has 0 aromatic heterocycles. The molecule has 0 radical (unpaired) electrons. The van der Waals surface area contributed by atoms with Gasteiger partial charge in [0.2, 0.25) is 0 Å².